The lowest BCUT2D eigenvalue weighted by molar-refractivity contribution is -0.143. The van der Waals surface area contributed by atoms with Crippen molar-refractivity contribution in [3.63, 3.8) is 0 Å². The van der Waals surface area contributed by atoms with E-state index in [1.54, 1.807) is 26.0 Å². The SMILES string of the molecule is CCOC(=O)C1=C(COC(=O)CCC(=O)c2ccc(Cl)s2)NC(=O)NC1C. The van der Waals surface area contributed by atoms with Crippen molar-refractivity contribution in [2.24, 2.45) is 0 Å². The van der Waals surface area contributed by atoms with Crippen LogP contribution >= 0.6 is 22.9 Å². The van der Waals surface area contributed by atoms with Gasteiger partial charge in [0.25, 0.3) is 0 Å². The molecule has 0 aliphatic carbocycles. The van der Waals surface area contributed by atoms with Crippen molar-refractivity contribution < 1.29 is 28.7 Å². The number of esters is 2. The van der Waals surface area contributed by atoms with E-state index < -0.39 is 24.0 Å². The summed E-state index contributed by atoms with van der Waals surface area (Å²) in [5.74, 6) is -1.44. The van der Waals surface area contributed by atoms with Crippen molar-refractivity contribution in [3.8, 4) is 0 Å². The molecule has 1 aliphatic heterocycles. The maximum atomic E-state index is 12.1. The monoisotopic (exact) mass is 414 g/mol. The van der Waals surface area contributed by atoms with Crippen molar-refractivity contribution in [1.82, 2.24) is 10.6 Å². The third-order valence-electron chi connectivity index (χ3n) is 3.65. The molecule has 0 saturated heterocycles. The van der Waals surface area contributed by atoms with Crippen LogP contribution in [0.4, 0.5) is 4.79 Å². The van der Waals surface area contributed by atoms with Gasteiger partial charge in [0.05, 0.1) is 39.6 Å². The van der Waals surface area contributed by atoms with Crippen LogP contribution in [0, 0.1) is 0 Å². The Bertz CT molecular complexity index is 788. The second-order valence-electron chi connectivity index (χ2n) is 5.62. The van der Waals surface area contributed by atoms with E-state index in [9.17, 15) is 19.2 Å². The molecule has 27 heavy (non-hydrogen) atoms. The zero-order valence-corrected chi connectivity index (χ0v) is 16.4. The van der Waals surface area contributed by atoms with E-state index in [0.717, 1.165) is 11.3 Å². The number of thiophene rings is 1. The summed E-state index contributed by atoms with van der Waals surface area (Å²) >= 11 is 6.92. The Morgan fingerprint density at radius 3 is 2.59 bits per heavy atom. The highest BCUT2D eigenvalue weighted by Gasteiger charge is 2.30. The topological polar surface area (TPSA) is 111 Å². The Morgan fingerprint density at radius 2 is 1.96 bits per heavy atom. The number of nitrogens with one attached hydrogen (secondary N) is 2. The number of amides is 2. The molecule has 10 heteroatoms. The van der Waals surface area contributed by atoms with Crippen LogP contribution in [0.3, 0.4) is 0 Å². The van der Waals surface area contributed by atoms with Gasteiger partial charge in [-0.25, -0.2) is 9.59 Å². The normalized spacial score (nSPS) is 16.4. The number of halogens is 1. The fourth-order valence-corrected chi connectivity index (χ4v) is 3.43. The van der Waals surface area contributed by atoms with Gasteiger partial charge in [0.15, 0.2) is 5.78 Å². The minimum absolute atomic E-state index is 0.0240. The molecule has 146 valence electrons. The summed E-state index contributed by atoms with van der Waals surface area (Å²) in [4.78, 5) is 48.1. The van der Waals surface area contributed by atoms with Gasteiger partial charge in [-0.15, -0.1) is 11.3 Å². The first-order valence-corrected chi connectivity index (χ1v) is 9.43. The number of urea groups is 1. The number of carbonyl (C=O) groups is 4. The van der Waals surface area contributed by atoms with Gasteiger partial charge in [-0.05, 0) is 26.0 Å². The van der Waals surface area contributed by atoms with Crippen molar-refractivity contribution in [1.29, 1.82) is 0 Å². The minimum atomic E-state index is -0.623. The zero-order chi connectivity index (χ0) is 20.0. The molecule has 1 unspecified atom stereocenters. The van der Waals surface area contributed by atoms with Crippen LogP contribution in [0.5, 0.6) is 0 Å². The first-order valence-electron chi connectivity index (χ1n) is 8.23. The molecule has 8 nitrogen and oxygen atoms in total. The Labute approximate surface area is 164 Å². The van der Waals surface area contributed by atoms with Gasteiger partial charge in [0.2, 0.25) is 0 Å². The molecule has 0 radical (unpaired) electrons. The van der Waals surface area contributed by atoms with E-state index in [0.29, 0.717) is 9.21 Å². The number of ether oxygens (including phenoxy) is 2. The molecule has 2 rings (SSSR count). The van der Waals surface area contributed by atoms with Crippen LogP contribution in [0.25, 0.3) is 0 Å². The van der Waals surface area contributed by atoms with Crippen LogP contribution < -0.4 is 10.6 Å². The molecule has 2 heterocycles. The number of ketones is 1. The number of hydrogen-bond donors (Lipinski definition) is 2. The third-order valence-corrected chi connectivity index (χ3v) is 4.92. The Kier molecular flexibility index (Phi) is 7.37. The average molecular weight is 415 g/mol. The standard InChI is InChI=1S/C17H19ClN2O6S/c1-3-25-16(23)15-9(2)19-17(24)20-10(15)8-26-14(22)7-4-11(21)12-5-6-13(18)27-12/h5-6,9H,3-4,7-8H2,1-2H3,(H2,19,20,24). The van der Waals surface area contributed by atoms with Crippen LogP contribution in [-0.4, -0.2) is 43.0 Å². The van der Waals surface area contributed by atoms with Gasteiger partial charge >= 0.3 is 18.0 Å². The van der Waals surface area contributed by atoms with Gasteiger partial charge in [-0.2, -0.15) is 0 Å². The van der Waals surface area contributed by atoms with Gasteiger partial charge in [0, 0.05) is 6.42 Å². The Morgan fingerprint density at radius 1 is 1.22 bits per heavy atom. The molecule has 1 aliphatic rings. The summed E-state index contributed by atoms with van der Waals surface area (Å²) < 4.78 is 10.6. The number of Topliss-reactive ketones (excluding diaryl/α,β-unsaturated/α-hetero) is 1. The Hall–Kier alpha value is -2.39. The highest BCUT2D eigenvalue weighted by Crippen LogP contribution is 2.23. The van der Waals surface area contributed by atoms with Gasteiger partial charge in [-0.3, -0.25) is 9.59 Å². The average Bonchev–Trinajstić information content (AvgIpc) is 3.04. The fraction of sp³-hybridized carbons (Fsp3) is 0.412. The predicted octanol–water partition coefficient (Wildman–Crippen LogP) is 2.43. The molecule has 2 amide bonds. The van der Waals surface area contributed by atoms with Gasteiger partial charge in [0.1, 0.15) is 6.61 Å². The summed E-state index contributed by atoms with van der Waals surface area (Å²) in [7, 11) is 0. The minimum Gasteiger partial charge on any atom is -0.463 e. The first kappa shape index (κ1) is 20.9. The molecule has 1 aromatic rings. The second kappa shape index (κ2) is 9.52. The van der Waals surface area contributed by atoms with E-state index in [-0.39, 0.29) is 43.1 Å². The molecule has 1 aromatic heterocycles. The number of rotatable bonds is 8. The highest BCUT2D eigenvalue weighted by molar-refractivity contribution is 7.18. The van der Waals surface area contributed by atoms with E-state index in [1.165, 1.54) is 0 Å². The van der Waals surface area contributed by atoms with Crippen molar-refractivity contribution >= 4 is 46.7 Å². The molecule has 0 saturated carbocycles. The van der Waals surface area contributed by atoms with Crippen LogP contribution in [0.1, 0.15) is 36.4 Å². The molecule has 0 aromatic carbocycles. The predicted molar refractivity (Wildman–Crippen MR) is 98.6 cm³/mol. The van der Waals surface area contributed by atoms with Crippen molar-refractivity contribution in [3.05, 3.63) is 32.6 Å². The zero-order valence-electron chi connectivity index (χ0n) is 14.8. The molecular formula is C17H19ClN2O6S. The summed E-state index contributed by atoms with van der Waals surface area (Å²) in [5, 5.41) is 5.00. The maximum absolute atomic E-state index is 12.1. The van der Waals surface area contributed by atoms with Crippen molar-refractivity contribution in [2.45, 2.75) is 32.7 Å². The quantitative estimate of drug-likeness (QED) is 0.499. The lowest BCUT2D eigenvalue weighted by Crippen LogP contribution is -2.50. The molecule has 0 spiro atoms. The smallest absolute Gasteiger partial charge is 0.338 e. The molecule has 1 atom stereocenters. The van der Waals surface area contributed by atoms with Crippen LogP contribution in [-0.2, 0) is 19.1 Å². The van der Waals surface area contributed by atoms with Crippen molar-refractivity contribution in [2.75, 3.05) is 13.2 Å². The summed E-state index contributed by atoms with van der Waals surface area (Å²) in [6, 6.07) is 2.12. The number of carbonyl (C=O) groups excluding carboxylic acids is 4. The van der Waals surface area contributed by atoms with Crippen LogP contribution in [0.15, 0.2) is 23.4 Å². The molecule has 0 bridgehead atoms. The molecule has 0 fully saturated rings. The summed E-state index contributed by atoms with van der Waals surface area (Å²) in [6.07, 6.45) is -0.151. The number of hydrogen-bond acceptors (Lipinski definition) is 7. The Balaban J connectivity index is 1.94. The van der Waals surface area contributed by atoms with E-state index in [4.69, 9.17) is 21.1 Å². The second-order valence-corrected chi connectivity index (χ2v) is 7.34. The van der Waals surface area contributed by atoms with Crippen LogP contribution in [0.2, 0.25) is 4.34 Å². The molecular weight excluding hydrogens is 396 g/mol. The largest absolute Gasteiger partial charge is 0.463 e. The third kappa shape index (κ3) is 5.80. The lowest BCUT2D eigenvalue weighted by Gasteiger charge is -2.26. The summed E-state index contributed by atoms with van der Waals surface area (Å²) in [6.45, 7) is 3.15. The summed E-state index contributed by atoms with van der Waals surface area (Å²) in [5.41, 5.74) is 0.350. The van der Waals surface area contributed by atoms with Gasteiger partial charge < -0.3 is 20.1 Å². The fourth-order valence-electron chi connectivity index (χ4n) is 2.42. The lowest BCUT2D eigenvalue weighted by atomic mass is 10.0. The first-order chi connectivity index (χ1) is 12.8. The van der Waals surface area contributed by atoms with E-state index in [2.05, 4.69) is 10.6 Å². The van der Waals surface area contributed by atoms with E-state index in [1.807, 2.05) is 0 Å². The maximum Gasteiger partial charge on any atom is 0.338 e. The van der Waals surface area contributed by atoms with E-state index >= 15 is 0 Å². The highest BCUT2D eigenvalue weighted by atomic mass is 35.5. The molecule has 2 N–H and O–H groups in total. The van der Waals surface area contributed by atoms with Gasteiger partial charge in [-0.1, -0.05) is 11.6 Å².